The Morgan fingerprint density at radius 2 is 2.07 bits per heavy atom. The molecule has 1 rings (SSSR count). The number of rotatable bonds is 5. The smallest absolute Gasteiger partial charge is 0.0443 e. The van der Waals surface area contributed by atoms with Gasteiger partial charge in [0.2, 0.25) is 0 Å². The molecule has 0 bridgehead atoms. The van der Waals surface area contributed by atoms with E-state index < -0.39 is 0 Å². The molecule has 0 aliphatic rings. The van der Waals surface area contributed by atoms with Crippen molar-refractivity contribution < 1.29 is 5.11 Å². The Labute approximate surface area is 86.0 Å². The number of aliphatic hydroxyl groups excluding tert-OH is 1. The Morgan fingerprint density at radius 3 is 2.79 bits per heavy atom. The van der Waals surface area contributed by atoms with Gasteiger partial charge in [0.15, 0.2) is 0 Å². The summed E-state index contributed by atoms with van der Waals surface area (Å²) >= 11 is 0. The van der Waals surface area contributed by atoms with Crippen LogP contribution in [0.15, 0.2) is 18.2 Å². The normalized spacial score (nSPS) is 10.5. The van der Waals surface area contributed by atoms with Gasteiger partial charge in [-0.15, -0.1) is 0 Å². The molecule has 0 spiro atoms. The fourth-order valence-electron chi connectivity index (χ4n) is 1.42. The molecular weight excluding hydrogens is 174 g/mol. The number of nitrogens with one attached hydrogen (secondary N) is 1. The van der Waals surface area contributed by atoms with Crippen molar-refractivity contribution in [1.82, 2.24) is 5.32 Å². The van der Waals surface area contributed by atoms with Crippen molar-refractivity contribution in [2.45, 2.75) is 26.8 Å². The SMILES string of the molecule is Cc1ccc(C)c(CNCCCO)c1. The summed E-state index contributed by atoms with van der Waals surface area (Å²) in [4.78, 5) is 0. The van der Waals surface area contributed by atoms with E-state index >= 15 is 0 Å². The minimum Gasteiger partial charge on any atom is -0.396 e. The van der Waals surface area contributed by atoms with E-state index in [1.54, 1.807) is 0 Å². The van der Waals surface area contributed by atoms with Crippen LogP contribution in [0.5, 0.6) is 0 Å². The first-order valence-electron chi connectivity index (χ1n) is 5.11. The summed E-state index contributed by atoms with van der Waals surface area (Å²) in [5.74, 6) is 0. The third-order valence-corrected chi connectivity index (χ3v) is 2.33. The average molecular weight is 193 g/mol. The van der Waals surface area contributed by atoms with Gasteiger partial charge < -0.3 is 10.4 Å². The molecule has 1 aromatic rings. The van der Waals surface area contributed by atoms with Crippen molar-refractivity contribution in [3.05, 3.63) is 34.9 Å². The summed E-state index contributed by atoms with van der Waals surface area (Å²) in [6.07, 6.45) is 0.824. The molecule has 0 fully saturated rings. The molecule has 0 saturated carbocycles. The van der Waals surface area contributed by atoms with E-state index in [4.69, 9.17) is 5.11 Å². The number of aryl methyl sites for hydroxylation is 2. The fraction of sp³-hybridized carbons (Fsp3) is 0.500. The lowest BCUT2D eigenvalue weighted by molar-refractivity contribution is 0.286. The van der Waals surface area contributed by atoms with Crippen LogP contribution in [0.3, 0.4) is 0 Å². The Morgan fingerprint density at radius 1 is 1.29 bits per heavy atom. The van der Waals surface area contributed by atoms with Gasteiger partial charge in [-0.25, -0.2) is 0 Å². The topological polar surface area (TPSA) is 32.3 Å². The third-order valence-electron chi connectivity index (χ3n) is 2.33. The average Bonchev–Trinajstić information content (AvgIpc) is 2.18. The van der Waals surface area contributed by atoms with Crippen molar-refractivity contribution >= 4 is 0 Å². The number of hydrogen-bond donors (Lipinski definition) is 2. The first-order chi connectivity index (χ1) is 6.74. The highest BCUT2D eigenvalue weighted by atomic mass is 16.3. The predicted molar refractivity (Wildman–Crippen MR) is 59.3 cm³/mol. The van der Waals surface area contributed by atoms with Crippen LogP contribution in [0.2, 0.25) is 0 Å². The molecule has 0 aliphatic heterocycles. The van der Waals surface area contributed by atoms with Crippen LogP contribution < -0.4 is 5.32 Å². The van der Waals surface area contributed by atoms with Gasteiger partial charge in [-0.05, 0) is 37.9 Å². The molecule has 1 aromatic carbocycles. The van der Waals surface area contributed by atoms with Gasteiger partial charge in [0.05, 0.1) is 0 Å². The second-order valence-corrected chi connectivity index (χ2v) is 3.68. The molecule has 0 amide bonds. The maximum atomic E-state index is 8.62. The van der Waals surface area contributed by atoms with Crippen LogP contribution in [0.4, 0.5) is 0 Å². The molecule has 0 unspecified atom stereocenters. The lowest BCUT2D eigenvalue weighted by Gasteiger charge is -2.08. The van der Waals surface area contributed by atoms with Crippen molar-refractivity contribution in [3.8, 4) is 0 Å². The number of benzene rings is 1. The van der Waals surface area contributed by atoms with Crippen LogP contribution in [0.1, 0.15) is 23.1 Å². The summed E-state index contributed by atoms with van der Waals surface area (Å²) in [6, 6.07) is 6.49. The van der Waals surface area contributed by atoms with Crippen LogP contribution in [-0.2, 0) is 6.54 Å². The molecule has 0 saturated heterocycles. The molecule has 0 aromatic heterocycles. The third kappa shape index (κ3) is 3.48. The number of hydrogen-bond acceptors (Lipinski definition) is 2. The Hall–Kier alpha value is -0.860. The summed E-state index contributed by atoms with van der Waals surface area (Å²) in [5.41, 5.74) is 3.98. The Kier molecular flexibility index (Phi) is 4.63. The summed E-state index contributed by atoms with van der Waals surface area (Å²) in [7, 11) is 0. The second kappa shape index (κ2) is 5.78. The zero-order valence-corrected chi connectivity index (χ0v) is 9.01. The van der Waals surface area contributed by atoms with E-state index in [9.17, 15) is 0 Å². The minimum atomic E-state index is 0.264. The molecule has 0 radical (unpaired) electrons. The van der Waals surface area contributed by atoms with E-state index in [2.05, 4.69) is 37.4 Å². The van der Waals surface area contributed by atoms with E-state index in [-0.39, 0.29) is 6.61 Å². The monoisotopic (exact) mass is 193 g/mol. The van der Waals surface area contributed by atoms with Gasteiger partial charge in [0, 0.05) is 13.2 Å². The van der Waals surface area contributed by atoms with Crippen molar-refractivity contribution in [2.75, 3.05) is 13.2 Å². The molecule has 2 nitrogen and oxygen atoms in total. The highest BCUT2D eigenvalue weighted by molar-refractivity contribution is 5.30. The lowest BCUT2D eigenvalue weighted by atomic mass is 10.1. The fourth-order valence-corrected chi connectivity index (χ4v) is 1.42. The van der Waals surface area contributed by atoms with E-state index in [1.807, 2.05) is 0 Å². The minimum absolute atomic E-state index is 0.264. The molecule has 0 atom stereocenters. The lowest BCUT2D eigenvalue weighted by Crippen LogP contribution is -2.16. The van der Waals surface area contributed by atoms with Crippen LogP contribution in [0, 0.1) is 13.8 Å². The van der Waals surface area contributed by atoms with Gasteiger partial charge in [-0.3, -0.25) is 0 Å². The predicted octanol–water partition coefficient (Wildman–Crippen LogP) is 1.78. The molecule has 0 heterocycles. The molecule has 14 heavy (non-hydrogen) atoms. The van der Waals surface area contributed by atoms with Gasteiger partial charge in [-0.1, -0.05) is 23.8 Å². The molecule has 0 aliphatic carbocycles. The van der Waals surface area contributed by atoms with E-state index in [0.29, 0.717) is 0 Å². The standard InChI is InChI=1S/C12H19NO/c1-10-4-5-11(2)12(8-10)9-13-6-3-7-14/h4-5,8,13-14H,3,6-7,9H2,1-2H3. The highest BCUT2D eigenvalue weighted by Gasteiger charge is 1.97. The largest absolute Gasteiger partial charge is 0.396 e. The first-order valence-corrected chi connectivity index (χ1v) is 5.11. The number of aliphatic hydroxyl groups is 1. The summed E-state index contributed by atoms with van der Waals surface area (Å²) in [5, 5.41) is 11.9. The Balaban J connectivity index is 2.45. The van der Waals surface area contributed by atoms with Crippen molar-refractivity contribution in [1.29, 1.82) is 0 Å². The van der Waals surface area contributed by atoms with Gasteiger partial charge in [0.25, 0.3) is 0 Å². The molecular formula is C12H19NO. The van der Waals surface area contributed by atoms with Crippen molar-refractivity contribution in [3.63, 3.8) is 0 Å². The maximum absolute atomic E-state index is 8.62. The van der Waals surface area contributed by atoms with Crippen LogP contribution in [0.25, 0.3) is 0 Å². The summed E-state index contributed by atoms with van der Waals surface area (Å²) in [6.45, 7) is 6.27. The maximum Gasteiger partial charge on any atom is 0.0443 e. The zero-order valence-electron chi connectivity index (χ0n) is 9.01. The molecule has 2 heteroatoms. The quantitative estimate of drug-likeness (QED) is 0.699. The van der Waals surface area contributed by atoms with Crippen molar-refractivity contribution in [2.24, 2.45) is 0 Å². The van der Waals surface area contributed by atoms with Gasteiger partial charge in [-0.2, -0.15) is 0 Å². The molecule has 78 valence electrons. The zero-order chi connectivity index (χ0) is 10.4. The first kappa shape index (κ1) is 11.2. The highest BCUT2D eigenvalue weighted by Crippen LogP contribution is 2.09. The van der Waals surface area contributed by atoms with Gasteiger partial charge in [0.1, 0.15) is 0 Å². The molecule has 2 N–H and O–H groups in total. The Bertz CT molecular complexity index is 284. The second-order valence-electron chi connectivity index (χ2n) is 3.68. The van der Waals surface area contributed by atoms with Crippen LogP contribution >= 0.6 is 0 Å². The van der Waals surface area contributed by atoms with E-state index in [1.165, 1.54) is 16.7 Å². The van der Waals surface area contributed by atoms with E-state index in [0.717, 1.165) is 19.5 Å². The summed E-state index contributed by atoms with van der Waals surface area (Å²) < 4.78 is 0. The van der Waals surface area contributed by atoms with Crippen LogP contribution in [-0.4, -0.2) is 18.3 Å². The van der Waals surface area contributed by atoms with Gasteiger partial charge >= 0.3 is 0 Å².